The van der Waals surface area contributed by atoms with Crippen molar-refractivity contribution >= 4 is 33.1 Å². The number of unbranched alkanes of at least 4 members (excludes halogenated alkanes) is 2. The van der Waals surface area contributed by atoms with Crippen molar-refractivity contribution in [3.05, 3.63) is 70.8 Å². The van der Waals surface area contributed by atoms with Crippen molar-refractivity contribution < 1.29 is 19.8 Å². The van der Waals surface area contributed by atoms with Crippen LogP contribution < -0.4 is 0 Å². The summed E-state index contributed by atoms with van der Waals surface area (Å²) >= 11 is 0.149. The van der Waals surface area contributed by atoms with Crippen LogP contribution in [-0.2, 0) is 10.8 Å². The van der Waals surface area contributed by atoms with Crippen LogP contribution in [0.1, 0.15) is 113 Å². The van der Waals surface area contributed by atoms with Gasteiger partial charge in [-0.3, -0.25) is 0 Å². The summed E-state index contributed by atoms with van der Waals surface area (Å²) in [6, 6.07) is 14.0. The number of aromatic carboxylic acids is 2. The average molecular weight is 589 g/mol. The van der Waals surface area contributed by atoms with Crippen LogP contribution >= 0.6 is 0 Å². The Morgan fingerprint density at radius 3 is 1.11 bits per heavy atom. The number of rotatable bonds is 8. The summed E-state index contributed by atoms with van der Waals surface area (Å²) < 4.78 is 3.25. The molecule has 2 N–H and O–H groups in total. The van der Waals surface area contributed by atoms with Gasteiger partial charge in [-0.05, 0) is 46.2 Å². The first kappa shape index (κ1) is 33.2. The van der Waals surface area contributed by atoms with E-state index in [0.717, 1.165) is 11.1 Å². The molecule has 0 unspecified atom stereocenters. The Balaban J connectivity index is 0.000000506. The Kier molecular flexibility index (Phi) is 15.9. The van der Waals surface area contributed by atoms with Gasteiger partial charge in [0, 0.05) is 0 Å². The van der Waals surface area contributed by atoms with Gasteiger partial charge >= 0.3 is 81.5 Å². The summed E-state index contributed by atoms with van der Waals surface area (Å²) in [5.74, 6) is -1.75. The predicted octanol–water partition coefficient (Wildman–Crippen LogP) is 8.49. The van der Waals surface area contributed by atoms with Crippen molar-refractivity contribution in [3.8, 4) is 0 Å². The molecule has 0 atom stereocenters. The summed E-state index contributed by atoms with van der Waals surface area (Å²) in [5, 5.41) is 17.4. The maximum atomic E-state index is 10.6. The van der Waals surface area contributed by atoms with E-state index in [9.17, 15) is 9.59 Å². The van der Waals surface area contributed by atoms with Crippen molar-refractivity contribution in [2.24, 2.45) is 0 Å². The van der Waals surface area contributed by atoms with E-state index in [2.05, 4.69) is 55.4 Å². The number of benzene rings is 2. The van der Waals surface area contributed by atoms with Gasteiger partial charge in [-0.1, -0.05) is 65.8 Å². The van der Waals surface area contributed by atoms with Crippen molar-refractivity contribution in [2.45, 2.75) is 101 Å². The van der Waals surface area contributed by atoms with Crippen LogP contribution in [0.3, 0.4) is 0 Å². The molecule has 0 aliphatic rings. The van der Waals surface area contributed by atoms with Crippen molar-refractivity contribution in [1.82, 2.24) is 0 Å². The molecule has 0 aromatic heterocycles. The Morgan fingerprint density at radius 1 is 0.629 bits per heavy atom. The minimum absolute atomic E-state index is 0.0804. The van der Waals surface area contributed by atoms with Gasteiger partial charge in [0.2, 0.25) is 0 Å². The second kappa shape index (κ2) is 16.8. The van der Waals surface area contributed by atoms with Crippen molar-refractivity contribution in [2.75, 3.05) is 0 Å². The molecule has 0 amide bonds. The molecule has 0 fully saturated rings. The normalized spacial score (nSPS) is 11.0. The van der Waals surface area contributed by atoms with Gasteiger partial charge < -0.3 is 10.2 Å². The molecule has 4 nitrogen and oxygen atoms in total. The minimum atomic E-state index is -0.875. The molecule has 2 aromatic rings. The zero-order chi connectivity index (χ0) is 27.1. The van der Waals surface area contributed by atoms with E-state index in [1.807, 2.05) is 24.3 Å². The molecule has 2 rings (SSSR count). The molecule has 2 aromatic carbocycles. The van der Waals surface area contributed by atoms with Gasteiger partial charge in [-0.2, -0.15) is 0 Å². The summed E-state index contributed by atoms with van der Waals surface area (Å²) in [6.45, 7) is 17.2. The zero-order valence-corrected chi connectivity index (χ0v) is 25.9. The van der Waals surface area contributed by atoms with Gasteiger partial charge in [0.05, 0.1) is 11.1 Å². The second-order valence-corrected chi connectivity index (χ2v) is 15.0. The molecule has 194 valence electrons. The van der Waals surface area contributed by atoms with Crippen LogP contribution in [0.2, 0.25) is 8.87 Å². The molecule has 2 radical (unpaired) electrons. The van der Waals surface area contributed by atoms with Crippen LogP contribution in [-0.4, -0.2) is 43.3 Å². The van der Waals surface area contributed by atoms with E-state index in [1.165, 1.54) is 25.7 Å². The number of hydrogen-bond acceptors (Lipinski definition) is 2. The van der Waals surface area contributed by atoms with E-state index < -0.39 is 11.9 Å². The fraction of sp³-hybridized carbons (Fsp3) is 0.533. The fourth-order valence-electron chi connectivity index (χ4n) is 2.95. The standard InChI is InChI=1S/2C11H14O2.2C4H9.Sn/c2*1-11(2,3)9-6-4-8(5-7-9)10(12)13;2*1-3-4-2;/h2*4-7H,1-3H3,(H,12,13);2*1,3-4H2,2H3;. The van der Waals surface area contributed by atoms with Crippen LogP contribution in [0.25, 0.3) is 0 Å². The van der Waals surface area contributed by atoms with Gasteiger partial charge in [0.1, 0.15) is 0 Å². The number of hydrogen-bond donors (Lipinski definition) is 2. The van der Waals surface area contributed by atoms with E-state index in [4.69, 9.17) is 10.2 Å². The molecule has 0 bridgehead atoms. The van der Waals surface area contributed by atoms with Crippen molar-refractivity contribution in [1.29, 1.82) is 0 Å². The third-order valence-electron chi connectivity index (χ3n) is 5.41. The molecule has 0 saturated heterocycles. The Labute approximate surface area is 223 Å². The molecule has 0 saturated carbocycles. The first-order chi connectivity index (χ1) is 16.2. The Hall–Kier alpha value is -1.82. The first-order valence-corrected chi connectivity index (χ1v) is 16.7. The van der Waals surface area contributed by atoms with Gasteiger partial charge in [0.25, 0.3) is 0 Å². The van der Waals surface area contributed by atoms with Crippen molar-refractivity contribution in [3.63, 3.8) is 0 Å². The first-order valence-electron chi connectivity index (χ1n) is 12.6. The van der Waals surface area contributed by atoms with Crippen LogP contribution in [0.4, 0.5) is 0 Å². The molecule has 0 aliphatic carbocycles. The van der Waals surface area contributed by atoms with E-state index in [-0.39, 0.29) is 32.0 Å². The molecule has 0 spiro atoms. The molecular formula is C30H46O4Sn. The van der Waals surface area contributed by atoms with E-state index >= 15 is 0 Å². The second-order valence-electron chi connectivity index (χ2n) is 10.7. The van der Waals surface area contributed by atoms with E-state index in [0.29, 0.717) is 11.1 Å². The summed E-state index contributed by atoms with van der Waals surface area (Å²) in [4.78, 5) is 21.1. The van der Waals surface area contributed by atoms with Crippen LogP contribution in [0.5, 0.6) is 0 Å². The van der Waals surface area contributed by atoms with Gasteiger partial charge in [-0.15, -0.1) is 0 Å². The van der Waals surface area contributed by atoms with Crippen LogP contribution in [0.15, 0.2) is 48.5 Å². The van der Waals surface area contributed by atoms with Gasteiger partial charge in [0.15, 0.2) is 0 Å². The topological polar surface area (TPSA) is 74.6 Å². The third kappa shape index (κ3) is 15.0. The third-order valence-corrected chi connectivity index (χ3v) is 9.45. The number of carbonyl (C=O) groups is 2. The SMILES string of the molecule is CC(C)(C)c1ccc(C(=O)O)cc1.CC(C)(C)c1ccc(C(=O)O)cc1.CCC[CH2][Sn][CH2]CCC. The quantitative estimate of drug-likeness (QED) is 0.239. The maximum absolute atomic E-state index is 10.6. The summed E-state index contributed by atoms with van der Waals surface area (Å²) in [6.07, 6.45) is 5.84. The molecular weight excluding hydrogens is 543 g/mol. The Morgan fingerprint density at radius 2 is 0.914 bits per heavy atom. The number of carboxylic acids is 2. The summed E-state index contributed by atoms with van der Waals surface area (Å²) in [7, 11) is 0. The molecule has 35 heavy (non-hydrogen) atoms. The van der Waals surface area contributed by atoms with E-state index in [1.54, 1.807) is 33.1 Å². The zero-order valence-electron chi connectivity index (χ0n) is 23.1. The molecule has 0 heterocycles. The Bertz CT molecular complexity index is 784. The monoisotopic (exact) mass is 590 g/mol. The number of carboxylic acid groups (broad SMARTS) is 2. The average Bonchev–Trinajstić information content (AvgIpc) is 2.79. The van der Waals surface area contributed by atoms with Gasteiger partial charge in [-0.25, -0.2) is 9.59 Å². The van der Waals surface area contributed by atoms with Crippen LogP contribution in [0, 0.1) is 0 Å². The molecule has 0 aliphatic heterocycles. The molecule has 5 heteroatoms. The fourth-order valence-corrected chi connectivity index (χ4v) is 7.11. The summed E-state index contributed by atoms with van der Waals surface area (Å²) in [5.41, 5.74) is 3.14. The predicted molar refractivity (Wildman–Crippen MR) is 149 cm³/mol.